The fraction of sp³-hybridized carbons (Fsp3) is 0.476. The largest absolute Gasteiger partial charge is 0.357 e. The molecule has 2 aromatic rings. The van der Waals surface area contributed by atoms with Crippen LogP contribution in [0.2, 0.25) is 5.15 Å². The summed E-state index contributed by atoms with van der Waals surface area (Å²) in [6, 6.07) is 11.8. The number of rotatable bonds is 11. The van der Waals surface area contributed by atoms with Gasteiger partial charge in [0.05, 0.1) is 5.75 Å². The van der Waals surface area contributed by atoms with E-state index in [0.29, 0.717) is 23.4 Å². The van der Waals surface area contributed by atoms with Crippen molar-refractivity contribution in [2.45, 2.75) is 25.5 Å². The molecule has 0 aliphatic carbocycles. The molecule has 0 radical (unpaired) electrons. The van der Waals surface area contributed by atoms with Crippen molar-refractivity contribution in [3.05, 3.63) is 47.1 Å². The van der Waals surface area contributed by atoms with Gasteiger partial charge in [0.2, 0.25) is 5.91 Å². The Hall–Kier alpha value is -1.83. The molecule has 0 atom stereocenters. The van der Waals surface area contributed by atoms with Crippen molar-refractivity contribution in [3.63, 3.8) is 0 Å². The number of carbonyl (C=O) groups excluding carboxylic acids is 1. The van der Waals surface area contributed by atoms with E-state index in [1.807, 2.05) is 49.3 Å². The molecule has 0 bridgehead atoms. The third kappa shape index (κ3) is 7.84. The average Bonchev–Trinajstić information content (AvgIpc) is 2.70. The number of aromatic nitrogens is 2. The third-order valence-electron chi connectivity index (χ3n) is 4.46. The van der Waals surface area contributed by atoms with Crippen LogP contribution in [-0.2, 0) is 11.3 Å². The quantitative estimate of drug-likeness (QED) is 0.305. The fourth-order valence-electron chi connectivity index (χ4n) is 2.79. The van der Waals surface area contributed by atoms with Gasteiger partial charge in [0, 0.05) is 38.8 Å². The Kier molecular flexibility index (Phi) is 9.70. The molecular weight excluding hydrogens is 406 g/mol. The van der Waals surface area contributed by atoms with Crippen LogP contribution in [0.3, 0.4) is 0 Å². The first-order valence-electron chi connectivity index (χ1n) is 9.81. The summed E-state index contributed by atoms with van der Waals surface area (Å²) in [6.07, 6.45) is 0. The molecule has 0 N–H and O–H groups in total. The zero-order chi connectivity index (χ0) is 21.2. The van der Waals surface area contributed by atoms with E-state index in [2.05, 4.69) is 33.6 Å². The second-order valence-corrected chi connectivity index (χ2v) is 8.23. The Balaban J connectivity index is 2.06. The highest BCUT2D eigenvalue weighted by Gasteiger charge is 2.16. The van der Waals surface area contributed by atoms with Crippen LogP contribution in [0.25, 0.3) is 0 Å². The second-order valence-electron chi connectivity index (χ2n) is 6.90. The molecule has 0 spiro atoms. The molecule has 1 amide bonds. The first kappa shape index (κ1) is 23.4. The van der Waals surface area contributed by atoms with Gasteiger partial charge in [0.15, 0.2) is 5.16 Å². The van der Waals surface area contributed by atoms with Gasteiger partial charge < -0.3 is 14.7 Å². The molecule has 0 aliphatic heterocycles. The molecule has 0 fully saturated rings. The van der Waals surface area contributed by atoms with Crippen LogP contribution in [0.5, 0.6) is 0 Å². The van der Waals surface area contributed by atoms with Crippen LogP contribution in [0.4, 0.5) is 5.82 Å². The number of nitrogens with zero attached hydrogens (tertiary/aromatic N) is 5. The lowest BCUT2D eigenvalue weighted by atomic mass is 10.2. The number of hydrogen-bond donors (Lipinski definition) is 0. The lowest BCUT2D eigenvalue weighted by Crippen LogP contribution is -2.37. The summed E-state index contributed by atoms with van der Waals surface area (Å²) in [5.74, 6) is 1.13. The number of likely N-dealkylation sites (N-methyl/N-ethyl adjacent to an activating group) is 1. The zero-order valence-corrected chi connectivity index (χ0v) is 19.2. The van der Waals surface area contributed by atoms with E-state index in [-0.39, 0.29) is 11.7 Å². The summed E-state index contributed by atoms with van der Waals surface area (Å²) >= 11 is 7.52. The first-order chi connectivity index (χ1) is 13.9. The van der Waals surface area contributed by atoms with E-state index in [1.165, 1.54) is 11.8 Å². The fourth-order valence-corrected chi connectivity index (χ4v) is 3.78. The topological polar surface area (TPSA) is 52.6 Å². The average molecular weight is 436 g/mol. The van der Waals surface area contributed by atoms with Crippen LogP contribution in [-0.4, -0.2) is 71.7 Å². The zero-order valence-electron chi connectivity index (χ0n) is 17.6. The maximum absolute atomic E-state index is 12.9. The summed E-state index contributed by atoms with van der Waals surface area (Å²) in [5.41, 5.74) is 1.12. The Morgan fingerprint density at radius 3 is 2.38 bits per heavy atom. The lowest BCUT2D eigenvalue weighted by molar-refractivity contribution is -0.129. The first-order valence-corrected chi connectivity index (χ1v) is 11.2. The Morgan fingerprint density at radius 1 is 1.07 bits per heavy atom. The van der Waals surface area contributed by atoms with Crippen molar-refractivity contribution in [1.29, 1.82) is 0 Å². The van der Waals surface area contributed by atoms with Gasteiger partial charge in [-0.25, -0.2) is 9.97 Å². The SMILES string of the molecule is CCN(CC)c1cc(Cl)nc(SCC(=O)N(CCN(C)C)Cc2ccccc2)n1. The Bertz CT molecular complexity index is 771. The lowest BCUT2D eigenvalue weighted by Gasteiger charge is -2.24. The van der Waals surface area contributed by atoms with Crippen molar-refractivity contribution < 1.29 is 4.79 Å². The van der Waals surface area contributed by atoms with Gasteiger partial charge in [0.1, 0.15) is 11.0 Å². The Morgan fingerprint density at radius 2 is 1.76 bits per heavy atom. The van der Waals surface area contributed by atoms with Crippen LogP contribution < -0.4 is 4.90 Å². The van der Waals surface area contributed by atoms with E-state index in [0.717, 1.165) is 31.0 Å². The molecule has 0 saturated heterocycles. The number of anilines is 1. The number of hydrogen-bond acceptors (Lipinski definition) is 6. The molecule has 0 saturated carbocycles. The normalized spacial score (nSPS) is 11.0. The van der Waals surface area contributed by atoms with Gasteiger partial charge in [-0.2, -0.15) is 0 Å². The number of amides is 1. The molecule has 0 aliphatic rings. The van der Waals surface area contributed by atoms with Crippen molar-refractivity contribution in [3.8, 4) is 0 Å². The summed E-state index contributed by atoms with van der Waals surface area (Å²) in [7, 11) is 4.02. The highest BCUT2D eigenvalue weighted by atomic mass is 35.5. The summed E-state index contributed by atoms with van der Waals surface area (Å²) in [6.45, 7) is 7.88. The van der Waals surface area contributed by atoms with Gasteiger partial charge >= 0.3 is 0 Å². The van der Waals surface area contributed by atoms with Crippen LogP contribution in [0.1, 0.15) is 19.4 Å². The third-order valence-corrected chi connectivity index (χ3v) is 5.48. The minimum atomic E-state index is 0.0636. The van der Waals surface area contributed by atoms with Gasteiger partial charge in [0.25, 0.3) is 0 Å². The van der Waals surface area contributed by atoms with Crippen molar-refractivity contribution in [2.24, 2.45) is 0 Å². The van der Waals surface area contributed by atoms with E-state index >= 15 is 0 Å². The van der Waals surface area contributed by atoms with Crippen molar-refractivity contribution >= 4 is 35.1 Å². The molecular formula is C21H30ClN5OS. The standard InChI is InChI=1S/C21H30ClN5OS/c1-5-26(6-2)19-14-18(22)23-21(24-19)29-16-20(28)27(13-12-25(3)4)15-17-10-8-7-9-11-17/h7-11,14H,5-6,12-13,15-16H2,1-4H3. The molecule has 1 aromatic heterocycles. The molecule has 29 heavy (non-hydrogen) atoms. The molecule has 6 nitrogen and oxygen atoms in total. The van der Waals surface area contributed by atoms with E-state index < -0.39 is 0 Å². The van der Waals surface area contributed by atoms with Crippen molar-refractivity contribution in [2.75, 3.05) is 50.9 Å². The van der Waals surface area contributed by atoms with E-state index in [9.17, 15) is 4.79 Å². The van der Waals surface area contributed by atoms with E-state index in [1.54, 1.807) is 6.07 Å². The highest BCUT2D eigenvalue weighted by Crippen LogP contribution is 2.22. The second kappa shape index (κ2) is 12.0. The predicted molar refractivity (Wildman–Crippen MR) is 122 cm³/mol. The molecule has 158 valence electrons. The predicted octanol–water partition coefficient (Wildman–Crippen LogP) is 3.66. The summed E-state index contributed by atoms with van der Waals surface area (Å²) < 4.78 is 0. The van der Waals surface area contributed by atoms with E-state index in [4.69, 9.17) is 11.6 Å². The van der Waals surface area contributed by atoms with Crippen LogP contribution in [0.15, 0.2) is 41.6 Å². The van der Waals surface area contributed by atoms with Gasteiger partial charge in [-0.3, -0.25) is 4.79 Å². The number of thioether (sulfide) groups is 1. The van der Waals surface area contributed by atoms with Gasteiger partial charge in [-0.15, -0.1) is 0 Å². The monoisotopic (exact) mass is 435 g/mol. The van der Waals surface area contributed by atoms with Crippen molar-refractivity contribution in [1.82, 2.24) is 19.8 Å². The molecule has 1 heterocycles. The minimum Gasteiger partial charge on any atom is -0.357 e. The Labute approximate surface area is 183 Å². The number of carbonyl (C=O) groups is 1. The molecule has 8 heteroatoms. The highest BCUT2D eigenvalue weighted by molar-refractivity contribution is 7.99. The van der Waals surface area contributed by atoms with Crippen LogP contribution in [0, 0.1) is 0 Å². The van der Waals surface area contributed by atoms with Gasteiger partial charge in [-0.1, -0.05) is 53.7 Å². The minimum absolute atomic E-state index is 0.0636. The maximum atomic E-state index is 12.9. The maximum Gasteiger partial charge on any atom is 0.233 e. The number of halogens is 1. The smallest absolute Gasteiger partial charge is 0.233 e. The summed E-state index contributed by atoms with van der Waals surface area (Å²) in [4.78, 5) is 27.9. The van der Waals surface area contributed by atoms with Crippen LogP contribution >= 0.6 is 23.4 Å². The molecule has 1 aromatic carbocycles. The molecule has 0 unspecified atom stereocenters. The molecule has 2 rings (SSSR count). The number of benzene rings is 1. The summed E-state index contributed by atoms with van der Waals surface area (Å²) in [5, 5.41) is 0.922. The van der Waals surface area contributed by atoms with Gasteiger partial charge in [-0.05, 0) is 33.5 Å².